The van der Waals surface area contributed by atoms with Gasteiger partial charge in [-0.1, -0.05) is 18.2 Å². The zero-order valence-electron chi connectivity index (χ0n) is 15.8. The average molecular weight is 388 g/mol. The summed E-state index contributed by atoms with van der Waals surface area (Å²) < 4.78 is 5.50. The van der Waals surface area contributed by atoms with Crippen LogP contribution in [0.5, 0.6) is 5.75 Å². The van der Waals surface area contributed by atoms with Crippen molar-refractivity contribution in [1.82, 2.24) is 10.4 Å². The highest BCUT2D eigenvalue weighted by atomic mass is 16.5. The second-order valence-corrected chi connectivity index (χ2v) is 6.16. The van der Waals surface area contributed by atoms with E-state index in [9.17, 15) is 9.59 Å². The SMILES string of the molecule is Cc1ccccc1NC(=O)COc1ccc(/C=N/NC(=O)c2ccncc2)cc1. The van der Waals surface area contributed by atoms with Gasteiger partial charge in [0.15, 0.2) is 6.61 Å². The van der Waals surface area contributed by atoms with Gasteiger partial charge in [-0.25, -0.2) is 5.43 Å². The van der Waals surface area contributed by atoms with E-state index in [-0.39, 0.29) is 18.4 Å². The van der Waals surface area contributed by atoms with Gasteiger partial charge in [-0.2, -0.15) is 5.10 Å². The maximum absolute atomic E-state index is 12.0. The number of para-hydroxylation sites is 1. The normalized spacial score (nSPS) is 10.5. The highest BCUT2D eigenvalue weighted by Gasteiger charge is 2.05. The molecule has 29 heavy (non-hydrogen) atoms. The summed E-state index contributed by atoms with van der Waals surface area (Å²) in [6.45, 7) is 1.83. The molecule has 0 saturated heterocycles. The number of carbonyl (C=O) groups is 2. The van der Waals surface area contributed by atoms with Crippen molar-refractivity contribution in [3.63, 3.8) is 0 Å². The number of aromatic nitrogens is 1. The standard InChI is InChI=1S/C22H20N4O3/c1-16-4-2-3-5-20(16)25-21(27)15-29-19-8-6-17(7-9-19)14-24-26-22(28)18-10-12-23-13-11-18/h2-14H,15H2,1H3,(H,25,27)(H,26,28)/b24-14+. The number of amides is 2. The van der Waals surface area contributed by atoms with Crippen molar-refractivity contribution >= 4 is 23.7 Å². The van der Waals surface area contributed by atoms with Gasteiger partial charge in [0.05, 0.1) is 6.21 Å². The lowest BCUT2D eigenvalue weighted by atomic mass is 10.2. The summed E-state index contributed by atoms with van der Waals surface area (Å²) >= 11 is 0. The van der Waals surface area contributed by atoms with Crippen LogP contribution >= 0.6 is 0 Å². The van der Waals surface area contributed by atoms with E-state index in [0.29, 0.717) is 11.3 Å². The third-order valence-electron chi connectivity index (χ3n) is 3.99. The molecule has 1 heterocycles. The van der Waals surface area contributed by atoms with Crippen LogP contribution in [0.2, 0.25) is 0 Å². The first kappa shape index (κ1) is 19.8. The molecule has 0 radical (unpaired) electrons. The minimum absolute atomic E-state index is 0.0935. The van der Waals surface area contributed by atoms with E-state index in [1.807, 2.05) is 31.2 Å². The van der Waals surface area contributed by atoms with E-state index >= 15 is 0 Å². The van der Waals surface area contributed by atoms with Crippen LogP contribution in [0.15, 0.2) is 78.2 Å². The number of hydrogen-bond acceptors (Lipinski definition) is 5. The van der Waals surface area contributed by atoms with Crippen molar-refractivity contribution in [1.29, 1.82) is 0 Å². The summed E-state index contributed by atoms with van der Waals surface area (Å²) in [5.41, 5.74) is 5.45. The summed E-state index contributed by atoms with van der Waals surface area (Å²) in [5.74, 6) is 0.00920. The fraction of sp³-hybridized carbons (Fsp3) is 0.0909. The minimum atomic E-state index is -0.316. The number of carbonyl (C=O) groups excluding carboxylic acids is 2. The Bertz CT molecular complexity index is 1000. The Balaban J connectivity index is 1.46. The van der Waals surface area contributed by atoms with Gasteiger partial charge in [-0.05, 0) is 60.5 Å². The monoisotopic (exact) mass is 388 g/mol. The third kappa shape index (κ3) is 6.00. The molecule has 0 unspecified atom stereocenters. The number of hydrogen-bond donors (Lipinski definition) is 2. The van der Waals surface area contributed by atoms with Gasteiger partial charge >= 0.3 is 0 Å². The molecule has 3 rings (SSSR count). The maximum Gasteiger partial charge on any atom is 0.271 e. The number of nitrogens with zero attached hydrogens (tertiary/aromatic N) is 2. The van der Waals surface area contributed by atoms with Crippen molar-refractivity contribution < 1.29 is 14.3 Å². The van der Waals surface area contributed by atoms with Crippen LogP contribution in [-0.2, 0) is 4.79 Å². The second-order valence-electron chi connectivity index (χ2n) is 6.16. The van der Waals surface area contributed by atoms with Crippen molar-refractivity contribution in [2.75, 3.05) is 11.9 Å². The fourth-order valence-electron chi connectivity index (χ4n) is 2.43. The van der Waals surface area contributed by atoms with Gasteiger partial charge < -0.3 is 10.1 Å². The second kappa shape index (κ2) is 9.80. The molecule has 7 nitrogen and oxygen atoms in total. The molecule has 0 aliphatic heterocycles. The zero-order valence-corrected chi connectivity index (χ0v) is 15.8. The van der Waals surface area contributed by atoms with E-state index in [1.165, 1.54) is 6.21 Å². The molecule has 0 spiro atoms. The van der Waals surface area contributed by atoms with Gasteiger partial charge in [0, 0.05) is 23.6 Å². The first-order chi connectivity index (χ1) is 14.1. The number of ether oxygens (including phenoxy) is 1. The molecule has 0 atom stereocenters. The van der Waals surface area contributed by atoms with Crippen LogP contribution in [0, 0.1) is 6.92 Å². The summed E-state index contributed by atoms with van der Waals surface area (Å²) in [6, 6.07) is 17.8. The quantitative estimate of drug-likeness (QED) is 0.480. The Morgan fingerprint density at radius 3 is 2.48 bits per heavy atom. The molecule has 1 aromatic heterocycles. The van der Waals surface area contributed by atoms with E-state index < -0.39 is 0 Å². The smallest absolute Gasteiger partial charge is 0.271 e. The molecule has 2 amide bonds. The lowest BCUT2D eigenvalue weighted by Crippen LogP contribution is -2.20. The predicted molar refractivity (Wildman–Crippen MR) is 111 cm³/mol. The summed E-state index contributed by atoms with van der Waals surface area (Å²) in [7, 11) is 0. The predicted octanol–water partition coefficient (Wildman–Crippen LogP) is 3.17. The lowest BCUT2D eigenvalue weighted by molar-refractivity contribution is -0.118. The van der Waals surface area contributed by atoms with Crippen molar-refractivity contribution in [3.8, 4) is 5.75 Å². The van der Waals surface area contributed by atoms with Crippen molar-refractivity contribution in [2.45, 2.75) is 6.92 Å². The molecular formula is C22H20N4O3. The van der Waals surface area contributed by atoms with Crippen LogP contribution < -0.4 is 15.5 Å². The van der Waals surface area contributed by atoms with Crippen LogP contribution in [-0.4, -0.2) is 29.6 Å². The maximum atomic E-state index is 12.0. The van der Waals surface area contributed by atoms with Gasteiger partial charge in [-0.3, -0.25) is 14.6 Å². The largest absolute Gasteiger partial charge is 0.484 e. The number of aryl methyl sites for hydroxylation is 1. The van der Waals surface area contributed by atoms with Gasteiger partial charge in [0.2, 0.25) is 0 Å². The molecule has 0 aliphatic carbocycles. The average Bonchev–Trinajstić information content (AvgIpc) is 2.75. The van der Waals surface area contributed by atoms with E-state index in [1.54, 1.807) is 48.8 Å². The molecule has 0 fully saturated rings. The van der Waals surface area contributed by atoms with Gasteiger partial charge in [0.25, 0.3) is 11.8 Å². The van der Waals surface area contributed by atoms with E-state index in [0.717, 1.165) is 16.8 Å². The van der Waals surface area contributed by atoms with E-state index in [2.05, 4.69) is 20.8 Å². The summed E-state index contributed by atoms with van der Waals surface area (Å²) in [5, 5.41) is 6.74. The Hall–Kier alpha value is -4.00. The van der Waals surface area contributed by atoms with Crippen molar-refractivity contribution in [2.24, 2.45) is 5.10 Å². The topological polar surface area (TPSA) is 92.7 Å². The number of rotatable bonds is 7. The Morgan fingerprint density at radius 1 is 1.03 bits per heavy atom. The summed E-state index contributed by atoms with van der Waals surface area (Å²) in [6.07, 6.45) is 4.60. The Kier molecular flexibility index (Phi) is 6.67. The minimum Gasteiger partial charge on any atom is -0.484 e. The molecule has 2 N–H and O–H groups in total. The van der Waals surface area contributed by atoms with Crippen molar-refractivity contribution in [3.05, 3.63) is 89.7 Å². The van der Waals surface area contributed by atoms with Crippen LogP contribution in [0.3, 0.4) is 0 Å². The molecule has 7 heteroatoms. The lowest BCUT2D eigenvalue weighted by Gasteiger charge is -2.09. The number of benzene rings is 2. The Morgan fingerprint density at radius 2 is 1.76 bits per heavy atom. The van der Waals surface area contributed by atoms with Crippen LogP contribution in [0.4, 0.5) is 5.69 Å². The van der Waals surface area contributed by atoms with Gasteiger partial charge in [0.1, 0.15) is 5.75 Å². The first-order valence-electron chi connectivity index (χ1n) is 8.93. The number of hydrazone groups is 1. The van der Waals surface area contributed by atoms with Crippen LogP contribution in [0.1, 0.15) is 21.5 Å². The fourth-order valence-corrected chi connectivity index (χ4v) is 2.43. The highest BCUT2D eigenvalue weighted by Crippen LogP contribution is 2.14. The number of anilines is 1. The van der Waals surface area contributed by atoms with Gasteiger partial charge in [-0.15, -0.1) is 0 Å². The van der Waals surface area contributed by atoms with Crippen LogP contribution in [0.25, 0.3) is 0 Å². The molecule has 146 valence electrons. The zero-order chi connectivity index (χ0) is 20.5. The summed E-state index contributed by atoms with van der Waals surface area (Å²) in [4.78, 5) is 27.8. The molecule has 0 saturated carbocycles. The first-order valence-corrected chi connectivity index (χ1v) is 8.93. The number of pyridine rings is 1. The Labute approximate surface area is 168 Å². The van der Waals surface area contributed by atoms with E-state index in [4.69, 9.17) is 4.74 Å². The molecule has 0 bridgehead atoms. The molecule has 0 aliphatic rings. The number of nitrogens with one attached hydrogen (secondary N) is 2. The third-order valence-corrected chi connectivity index (χ3v) is 3.99. The molecule has 2 aromatic carbocycles. The molecular weight excluding hydrogens is 368 g/mol. The molecule has 3 aromatic rings. The highest BCUT2D eigenvalue weighted by molar-refractivity contribution is 5.94.